The fourth-order valence-corrected chi connectivity index (χ4v) is 2.04. The predicted octanol–water partition coefficient (Wildman–Crippen LogP) is 0.201. The van der Waals surface area contributed by atoms with E-state index >= 15 is 0 Å². The van der Waals surface area contributed by atoms with E-state index in [1.807, 2.05) is 20.8 Å². The topological polar surface area (TPSA) is 94.4 Å². The Bertz CT molecular complexity index is 498. The number of amides is 2. The Labute approximate surface area is 129 Å². The Hall–Kier alpha value is -1.74. The number of rotatable bonds is 4. The summed E-state index contributed by atoms with van der Waals surface area (Å²) in [6, 6.07) is -0.104. The zero-order valence-corrected chi connectivity index (χ0v) is 13.6. The van der Waals surface area contributed by atoms with Crippen LogP contribution in [-0.4, -0.2) is 70.1 Å². The van der Waals surface area contributed by atoms with Crippen molar-refractivity contribution >= 4 is 6.03 Å². The molecule has 0 radical (unpaired) electrons. The molecule has 2 rings (SSSR count). The Morgan fingerprint density at radius 2 is 2.27 bits per heavy atom. The molecule has 1 unspecified atom stereocenters. The summed E-state index contributed by atoms with van der Waals surface area (Å²) >= 11 is 0. The van der Waals surface area contributed by atoms with Gasteiger partial charge in [0, 0.05) is 19.2 Å². The van der Waals surface area contributed by atoms with E-state index in [2.05, 4.69) is 20.7 Å². The molecule has 0 bridgehead atoms. The first kappa shape index (κ1) is 16.6. The van der Waals surface area contributed by atoms with Crippen LogP contribution in [0, 0.1) is 0 Å². The Kier molecular flexibility index (Phi) is 5.30. The highest BCUT2D eigenvalue weighted by Crippen LogP contribution is 2.18. The number of hydrogen-bond donors (Lipinski definition) is 1. The summed E-state index contributed by atoms with van der Waals surface area (Å²) in [6.07, 6.45) is -0.351. The molecule has 1 saturated heterocycles. The van der Waals surface area contributed by atoms with Crippen LogP contribution < -0.4 is 5.32 Å². The molecule has 2 amide bonds. The van der Waals surface area contributed by atoms with E-state index in [1.165, 1.54) is 4.80 Å². The van der Waals surface area contributed by atoms with Crippen LogP contribution in [0.1, 0.15) is 32.7 Å². The monoisotopic (exact) mass is 312 g/mol. The van der Waals surface area contributed by atoms with E-state index in [1.54, 1.807) is 12.0 Å². The SMILES string of the molecule is COCCn1nnc(C2CN(C(=O)NC(C)(C)C)CCO2)n1. The zero-order valence-electron chi connectivity index (χ0n) is 13.6. The van der Waals surface area contributed by atoms with Crippen LogP contribution in [0.3, 0.4) is 0 Å². The number of tetrazole rings is 1. The van der Waals surface area contributed by atoms with Gasteiger partial charge >= 0.3 is 6.03 Å². The van der Waals surface area contributed by atoms with E-state index in [9.17, 15) is 4.79 Å². The normalized spacial score (nSPS) is 19.3. The van der Waals surface area contributed by atoms with Crippen LogP contribution in [0.5, 0.6) is 0 Å². The average Bonchev–Trinajstić information content (AvgIpc) is 2.92. The fourth-order valence-electron chi connectivity index (χ4n) is 2.04. The van der Waals surface area contributed by atoms with Crippen LogP contribution in [-0.2, 0) is 16.0 Å². The van der Waals surface area contributed by atoms with Gasteiger partial charge in [-0.25, -0.2) is 4.79 Å². The molecule has 0 aromatic carbocycles. The van der Waals surface area contributed by atoms with E-state index in [0.29, 0.717) is 38.7 Å². The molecule has 1 atom stereocenters. The molecule has 1 N–H and O–H groups in total. The Morgan fingerprint density at radius 3 is 2.95 bits per heavy atom. The van der Waals surface area contributed by atoms with Gasteiger partial charge in [-0.3, -0.25) is 0 Å². The number of methoxy groups -OCH3 is 1. The summed E-state index contributed by atoms with van der Waals surface area (Å²) in [7, 11) is 1.62. The molecule has 22 heavy (non-hydrogen) atoms. The minimum absolute atomic E-state index is 0.104. The first-order chi connectivity index (χ1) is 10.4. The number of ether oxygens (including phenoxy) is 2. The minimum Gasteiger partial charge on any atom is -0.383 e. The maximum atomic E-state index is 12.2. The van der Waals surface area contributed by atoms with E-state index < -0.39 is 0 Å². The number of carbonyl (C=O) groups excluding carboxylic acids is 1. The van der Waals surface area contributed by atoms with Crippen LogP contribution >= 0.6 is 0 Å². The van der Waals surface area contributed by atoms with Crippen molar-refractivity contribution in [2.24, 2.45) is 0 Å². The third-order valence-electron chi connectivity index (χ3n) is 3.09. The Balaban J connectivity index is 1.95. The van der Waals surface area contributed by atoms with E-state index in [4.69, 9.17) is 9.47 Å². The molecule has 1 aliphatic rings. The lowest BCUT2D eigenvalue weighted by atomic mass is 10.1. The number of nitrogens with one attached hydrogen (secondary N) is 1. The number of urea groups is 1. The van der Waals surface area contributed by atoms with Crippen molar-refractivity contribution < 1.29 is 14.3 Å². The van der Waals surface area contributed by atoms with Gasteiger partial charge in [-0.2, -0.15) is 4.80 Å². The lowest BCUT2D eigenvalue weighted by Crippen LogP contribution is -2.52. The molecular weight excluding hydrogens is 288 g/mol. The van der Waals surface area contributed by atoms with Crippen molar-refractivity contribution in [2.75, 3.05) is 33.4 Å². The molecule has 1 aromatic heterocycles. The molecule has 0 aliphatic carbocycles. The summed E-state index contributed by atoms with van der Waals surface area (Å²) in [6.45, 7) is 8.32. The highest BCUT2D eigenvalue weighted by molar-refractivity contribution is 5.75. The molecular formula is C13H24N6O3. The number of carbonyl (C=O) groups is 1. The minimum atomic E-state index is -0.351. The molecule has 2 heterocycles. The third-order valence-corrected chi connectivity index (χ3v) is 3.09. The van der Waals surface area contributed by atoms with Gasteiger partial charge in [0.05, 0.1) is 26.3 Å². The average molecular weight is 312 g/mol. The predicted molar refractivity (Wildman–Crippen MR) is 78.2 cm³/mol. The zero-order chi connectivity index (χ0) is 16.2. The lowest BCUT2D eigenvalue weighted by Gasteiger charge is -2.33. The number of hydrogen-bond acceptors (Lipinski definition) is 6. The van der Waals surface area contributed by atoms with Gasteiger partial charge in [0.2, 0.25) is 5.82 Å². The van der Waals surface area contributed by atoms with Gasteiger partial charge in [0.1, 0.15) is 6.10 Å². The molecule has 0 saturated carbocycles. The highest BCUT2D eigenvalue weighted by atomic mass is 16.5. The smallest absolute Gasteiger partial charge is 0.317 e. The second-order valence-electron chi connectivity index (χ2n) is 6.22. The lowest BCUT2D eigenvalue weighted by molar-refractivity contribution is -0.0208. The van der Waals surface area contributed by atoms with Crippen molar-refractivity contribution in [3.8, 4) is 0 Å². The molecule has 1 aromatic rings. The molecule has 1 fully saturated rings. The van der Waals surface area contributed by atoms with Gasteiger partial charge in [0.25, 0.3) is 0 Å². The van der Waals surface area contributed by atoms with Crippen molar-refractivity contribution in [2.45, 2.75) is 39.0 Å². The van der Waals surface area contributed by atoms with Crippen molar-refractivity contribution in [3.05, 3.63) is 5.82 Å². The van der Waals surface area contributed by atoms with Crippen LogP contribution in [0.2, 0.25) is 0 Å². The summed E-state index contributed by atoms with van der Waals surface area (Å²) in [4.78, 5) is 15.4. The molecule has 124 valence electrons. The summed E-state index contributed by atoms with van der Waals surface area (Å²) < 4.78 is 10.6. The van der Waals surface area contributed by atoms with Gasteiger partial charge in [-0.1, -0.05) is 0 Å². The summed E-state index contributed by atoms with van der Waals surface area (Å²) in [5.41, 5.74) is -0.271. The van der Waals surface area contributed by atoms with Gasteiger partial charge in [-0.05, 0) is 26.0 Å². The molecule has 9 nitrogen and oxygen atoms in total. The molecule has 1 aliphatic heterocycles. The van der Waals surface area contributed by atoms with Crippen molar-refractivity contribution in [1.29, 1.82) is 0 Å². The molecule has 0 spiro atoms. The van der Waals surface area contributed by atoms with Crippen LogP contribution in [0.25, 0.3) is 0 Å². The first-order valence-electron chi connectivity index (χ1n) is 7.34. The van der Waals surface area contributed by atoms with Crippen molar-refractivity contribution in [3.63, 3.8) is 0 Å². The standard InChI is InChI=1S/C13H24N6O3/c1-13(2,3)14-12(20)18-5-8-22-10(9-18)11-15-17-19(16-11)6-7-21-4/h10H,5-9H2,1-4H3,(H,14,20). The van der Waals surface area contributed by atoms with Crippen LogP contribution in [0.15, 0.2) is 0 Å². The van der Waals surface area contributed by atoms with Gasteiger partial charge in [0.15, 0.2) is 0 Å². The second-order valence-corrected chi connectivity index (χ2v) is 6.22. The Morgan fingerprint density at radius 1 is 1.50 bits per heavy atom. The quantitative estimate of drug-likeness (QED) is 0.853. The fraction of sp³-hybridized carbons (Fsp3) is 0.846. The van der Waals surface area contributed by atoms with Gasteiger partial charge in [-0.15, -0.1) is 10.2 Å². The maximum Gasteiger partial charge on any atom is 0.317 e. The summed E-state index contributed by atoms with van der Waals surface area (Å²) in [5, 5.41) is 15.2. The van der Waals surface area contributed by atoms with E-state index in [0.717, 1.165) is 0 Å². The third kappa shape index (κ3) is 4.63. The maximum absolute atomic E-state index is 12.2. The van der Waals surface area contributed by atoms with Crippen molar-refractivity contribution in [1.82, 2.24) is 30.4 Å². The number of morpholine rings is 1. The first-order valence-corrected chi connectivity index (χ1v) is 7.34. The number of aromatic nitrogens is 4. The number of nitrogens with zero attached hydrogens (tertiary/aromatic N) is 5. The molecule has 9 heteroatoms. The van der Waals surface area contributed by atoms with E-state index in [-0.39, 0.29) is 17.7 Å². The highest BCUT2D eigenvalue weighted by Gasteiger charge is 2.29. The second kappa shape index (κ2) is 7.01. The largest absolute Gasteiger partial charge is 0.383 e. The summed E-state index contributed by atoms with van der Waals surface area (Å²) in [5.74, 6) is 0.490. The van der Waals surface area contributed by atoms with Gasteiger partial charge < -0.3 is 19.7 Å². The van der Waals surface area contributed by atoms with Crippen LogP contribution in [0.4, 0.5) is 4.79 Å².